The van der Waals surface area contributed by atoms with Crippen molar-refractivity contribution in [3.8, 4) is 0 Å². The Kier molecular flexibility index (Phi) is 5.12. The first-order chi connectivity index (χ1) is 7.61. The van der Waals surface area contributed by atoms with Crippen molar-refractivity contribution in [1.29, 1.82) is 0 Å². The first-order valence-corrected chi connectivity index (χ1v) is 6.88. The molecule has 1 amide bonds. The zero-order valence-corrected chi connectivity index (χ0v) is 10.9. The van der Waals surface area contributed by atoms with E-state index in [1.807, 2.05) is 13.2 Å². The molecule has 1 aliphatic rings. The SMILES string of the molecule is COC(=O)[C@H]1CCCN1C(=O)[C@H](C)CSC. The molecule has 0 saturated carbocycles. The number of carbonyl (C=O) groups is 2. The average Bonchev–Trinajstić information content (AvgIpc) is 2.76. The van der Waals surface area contributed by atoms with Gasteiger partial charge in [-0.1, -0.05) is 6.92 Å². The van der Waals surface area contributed by atoms with Crippen molar-refractivity contribution < 1.29 is 14.3 Å². The normalized spacial score (nSPS) is 21.9. The van der Waals surface area contributed by atoms with E-state index < -0.39 is 0 Å². The molecule has 16 heavy (non-hydrogen) atoms. The summed E-state index contributed by atoms with van der Waals surface area (Å²) in [6, 6.07) is -0.359. The number of hydrogen-bond donors (Lipinski definition) is 0. The Bertz CT molecular complexity index is 270. The topological polar surface area (TPSA) is 46.6 Å². The second kappa shape index (κ2) is 6.13. The van der Waals surface area contributed by atoms with Crippen molar-refractivity contribution in [2.45, 2.75) is 25.8 Å². The van der Waals surface area contributed by atoms with E-state index in [1.54, 1.807) is 16.7 Å². The number of esters is 1. The van der Waals surface area contributed by atoms with Crippen LogP contribution in [-0.4, -0.2) is 48.5 Å². The highest BCUT2D eigenvalue weighted by atomic mass is 32.2. The van der Waals surface area contributed by atoms with Crippen molar-refractivity contribution in [3.63, 3.8) is 0 Å². The van der Waals surface area contributed by atoms with E-state index >= 15 is 0 Å². The predicted molar refractivity (Wildman–Crippen MR) is 64.3 cm³/mol. The minimum Gasteiger partial charge on any atom is -0.467 e. The van der Waals surface area contributed by atoms with Crippen LogP contribution in [0.3, 0.4) is 0 Å². The van der Waals surface area contributed by atoms with Crippen LogP contribution in [0.2, 0.25) is 0 Å². The van der Waals surface area contributed by atoms with Crippen LogP contribution in [0.25, 0.3) is 0 Å². The van der Waals surface area contributed by atoms with Gasteiger partial charge in [0.1, 0.15) is 6.04 Å². The largest absolute Gasteiger partial charge is 0.467 e. The van der Waals surface area contributed by atoms with Crippen LogP contribution < -0.4 is 0 Å². The summed E-state index contributed by atoms with van der Waals surface area (Å²) >= 11 is 1.65. The van der Waals surface area contributed by atoms with Crippen LogP contribution in [0, 0.1) is 5.92 Å². The molecule has 0 aromatic heterocycles. The van der Waals surface area contributed by atoms with Crippen LogP contribution in [0.1, 0.15) is 19.8 Å². The molecule has 0 radical (unpaired) electrons. The third-order valence-corrected chi connectivity index (χ3v) is 3.68. The number of thioether (sulfide) groups is 1. The lowest BCUT2D eigenvalue weighted by Crippen LogP contribution is -2.43. The standard InChI is InChI=1S/C11H19NO3S/c1-8(7-16-3)10(13)12-6-4-5-9(12)11(14)15-2/h8-9H,4-7H2,1-3H3/t8-,9-/m1/s1. The van der Waals surface area contributed by atoms with Crippen molar-refractivity contribution in [2.75, 3.05) is 25.7 Å². The van der Waals surface area contributed by atoms with Gasteiger partial charge in [-0.15, -0.1) is 0 Å². The highest BCUT2D eigenvalue weighted by molar-refractivity contribution is 7.98. The fourth-order valence-corrected chi connectivity index (χ4v) is 2.66. The van der Waals surface area contributed by atoms with Gasteiger partial charge in [0.05, 0.1) is 7.11 Å². The maximum absolute atomic E-state index is 12.1. The average molecular weight is 245 g/mol. The number of likely N-dealkylation sites (tertiary alicyclic amines) is 1. The molecule has 0 aromatic rings. The third kappa shape index (κ3) is 2.90. The van der Waals surface area contributed by atoms with Crippen LogP contribution in [0.15, 0.2) is 0 Å². The number of carbonyl (C=O) groups excluding carboxylic acids is 2. The lowest BCUT2D eigenvalue weighted by atomic mass is 10.1. The monoisotopic (exact) mass is 245 g/mol. The Balaban J connectivity index is 2.64. The lowest BCUT2D eigenvalue weighted by Gasteiger charge is -2.25. The molecular formula is C11H19NO3S. The molecule has 0 unspecified atom stereocenters. The van der Waals surface area contributed by atoms with E-state index in [0.717, 1.165) is 18.6 Å². The van der Waals surface area contributed by atoms with Crippen LogP contribution in [-0.2, 0) is 14.3 Å². The minimum absolute atomic E-state index is 0.0275. The zero-order valence-electron chi connectivity index (χ0n) is 10.1. The molecule has 1 aliphatic heterocycles. The van der Waals surface area contributed by atoms with Gasteiger partial charge < -0.3 is 9.64 Å². The van der Waals surface area contributed by atoms with Crippen molar-refractivity contribution in [3.05, 3.63) is 0 Å². The smallest absolute Gasteiger partial charge is 0.328 e. The first kappa shape index (κ1) is 13.4. The number of hydrogen-bond acceptors (Lipinski definition) is 4. The van der Waals surface area contributed by atoms with Gasteiger partial charge >= 0.3 is 5.97 Å². The maximum atomic E-state index is 12.1. The van der Waals surface area contributed by atoms with Gasteiger partial charge in [0.15, 0.2) is 0 Å². The highest BCUT2D eigenvalue weighted by Gasteiger charge is 2.36. The molecule has 0 bridgehead atoms. The van der Waals surface area contributed by atoms with Crippen molar-refractivity contribution in [2.24, 2.45) is 5.92 Å². The van der Waals surface area contributed by atoms with Gasteiger partial charge in [-0.3, -0.25) is 4.79 Å². The molecular weight excluding hydrogens is 226 g/mol. The van der Waals surface area contributed by atoms with Crippen LogP contribution >= 0.6 is 11.8 Å². The summed E-state index contributed by atoms with van der Waals surface area (Å²) < 4.78 is 4.72. The second-order valence-electron chi connectivity index (χ2n) is 4.07. The minimum atomic E-state index is -0.359. The molecule has 0 spiro atoms. The van der Waals surface area contributed by atoms with Gasteiger partial charge in [-0.05, 0) is 19.1 Å². The quantitative estimate of drug-likeness (QED) is 0.697. The van der Waals surface area contributed by atoms with E-state index in [2.05, 4.69) is 0 Å². The fraction of sp³-hybridized carbons (Fsp3) is 0.818. The molecule has 0 aliphatic carbocycles. The van der Waals surface area contributed by atoms with E-state index in [0.29, 0.717) is 6.54 Å². The number of ether oxygens (including phenoxy) is 1. The summed E-state index contributed by atoms with van der Waals surface area (Å²) in [6.45, 7) is 2.59. The lowest BCUT2D eigenvalue weighted by molar-refractivity contribution is -0.151. The molecule has 0 N–H and O–H groups in total. The van der Waals surface area contributed by atoms with Crippen LogP contribution in [0.5, 0.6) is 0 Å². The van der Waals surface area contributed by atoms with Crippen LogP contribution in [0.4, 0.5) is 0 Å². The Morgan fingerprint density at radius 1 is 1.56 bits per heavy atom. The highest BCUT2D eigenvalue weighted by Crippen LogP contribution is 2.21. The summed E-state index contributed by atoms with van der Waals surface area (Å²) in [5.74, 6) is 0.549. The fourth-order valence-electron chi connectivity index (χ4n) is 2.02. The molecule has 4 nitrogen and oxygen atoms in total. The van der Waals surface area contributed by atoms with Crippen molar-refractivity contribution >= 4 is 23.6 Å². The van der Waals surface area contributed by atoms with Gasteiger partial charge in [-0.25, -0.2) is 4.79 Å². The molecule has 2 atom stereocenters. The predicted octanol–water partition coefficient (Wildman–Crippen LogP) is 1.15. The molecule has 1 fully saturated rings. The number of amides is 1. The van der Waals surface area contributed by atoms with E-state index in [4.69, 9.17) is 4.74 Å². The van der Waals surface area contributed by atoms with Crippen molar-refractivity contribution in [1.82, 2.24) is 4.90 Å². The molecule has 1 rings (SSSR count). The molecule has 0 aromatic carbocycles. The summed E-state index contributed by atoms with van der Waals surface area (Å²) in [5, 5.41) is 0. The second-order valence-corrected chi connectivity index (χ2v) is 4.98. The number of nitrogens with zero attached hydrogens (tertiary/aromatic N) is 1. The van der Waals surface area contributed by atoms with E-state index in [9.17, 15) is 9.59 Å². The van der Waals surface area contributed by atoms with E-state index in [1.165, 1.54) is 7.11 Å². The summed E-state index contributed by atoms with van der Waals surface area (Å²) in [4.78, 5) is 25.2. The number of rotatable bonds is 4. The first-order valence-electron chi connectivity index (χ1n) is 5.49. The molecule has 1 heterocycles. The molecule has 1 saturated heterocycles. The van der Waals surface area contributed by atoms with Gasteiger partial charge in [-0.2, -0.15) is 11.8 Å². The summed E-state index contributed by atoms with van der Waals surface area (Å²) in [5.41, 5.74) is 0. The number of methoxy groups -OCH3 is 1. The summed E-state index contributed by atoms with van der Waals surface area (Å²) in [7, 11) is 1.37. The Labute approximate surface area is 101 Å². The summed E-state index contributed by atoms with van der Waals surface area (Å²) in [6.07, 6.45) is 3.59. The third-order valence-electron chi connectivity index (χ3n) is 2.85. The Morgan fingerprint density at radius 2 is 2.25 bits per heavy atom. The maximum Gasteiger partial charge on any atom is 0.328 e. The van der Waals surface area contributed by atoms with Gasteiger partial charge in [0, 0.05) is 18.2 Å². The van der Waals surface area contributed by atoms with Gasteiger partial charge in [0.2, 0.25) is 5.91 Å². The Hall–Kier alpha value is -0.710. The van der Waals surface area contributed by atoms with E-state index in [-0.39, 0.29) is 23.8 Å². The molecule has 92 valence electrons. The Morgan fingerprint density at radius 3 is 2.81 bits per heavy atom. The zero-order chi connectivity index (χ0) is 12.1. The molecule has 5 heteroatoms. The van der Waals surface area contributed by atoms with Gasteiger partial charge in [0.25, 0.3) is 0 Å².